The fourth-order valence-corrected chi connectivity index (χ4v) is 5.20. The van der Waals surface area contributed by atoms with Crippen molar-refractivity contribution in [2.24, 2.45) is 0 Å². The van der Waals surface area contributed by atoms with Gasteiger partial charge >= 0.3 is 8.80 Å². The minimum Gasteiger partial charge on any atom is -0.372 e. The van der Waals surface area contributed by atoms with E-state index in [1.165, 1.54) is 0 Å². The number of epoxide rings is 1. The molecule has 0 bridgehead atoms. The van der Waals surface area contributed by atoms with E-state index in [1.54, 1.807) is 0 Å². The van der Waals surface area contributed by atoms with Crippen molar-refractivity contribution in [1.82, 2.24) is 0 Å². The van der Waals surface area contributed by atoms with Crippen LogP contribution in [0.25, 0.3) is 0 Å². The molecule has 1 fully saturated rings. The van der Waals surface area contributed by atoms with Gasteiger partial charge in [-0.05, 0) is 25.7 Å². The Kier molecular flexibility index (Phi) is 9.71. The molecule has 126 valence electrons. The van der Waals surface area contributed by atoms with E-state index in [2.05, 4.69) is 27.7 Å². The van der Waals surface area contributed by atoms with Gasteiger partial charge in [-0.3, -0.25) is 0 Å². The molecule has 1 rings (SSSR count). The molecule has 0 aromatic carbocycles. The average molecular weight is 321 g/mol. The number of hydrogen-bond acceptors (Lipinski definition) is 5. The van der Waals surface area contributed by atoms with Crippen LogP contribution in [0.5, 0.6) is 0 Å². The zero-order chi connectivity index (χ0) is 15.6. The zero-order valence-corrected chi connectivity index (χ0v) is 15.1. The number of hydrogen-bond donors (Lipinski definition) is 0. The molecule has 1 heterocycles. The molecular formula is C15H32O5Si. The van der Waals surface area contributed by atoms with Crippen molar-refractivity contribution in [1.29, 1.82) is 0 Å². The fraction of sp³-hybridized carbons (Fsp3) is 1.00. The lowest BCUT2D eigenvalue weighted by atomic mass is 10.5. The smallest absolute Gasteiger partial charge is 0.372 e. The predicted octanol–water partition coefficient (Wildman–Crippen LogP) is 2.94. The van der Waals surface area contributed by atoms with Gasteiger partial charge in [-0.1, -0.05) is 27.7 Å². The third-order valence-corrected chi connectivity index (χ3v) is 6.12. The monoisotopic (exact) mass is 320 g/mol. The van der Waals surface area contributed by atoms with Gasteiger partial charge in [0, 0.05) is 26.4 Å². The third kappa shape index (κ3) is 6.34. The van der Waals surface area contributed by atoms with Crippen molar-refractivity contribution in [3.8, 4) is 0 Å². The topological polar surface area (TPSA) is 49.5 Å². The fourth-order valence-electron chi connectivity index (χ4n) is 2.02. The maximum Gasteiger partial charge on any atom is 0.534 e. The van der Waals surface area contributed by atoms with Crippen LogP contribution in [0.1, 0.15) is 53.4 Å². The van der Waals surface area contributed by atoms with E-state index in [1.807, 2.05) is 0 Å². The summed E-state index contributed by atoms with van der Waals surface area (Å²) < 4.78 is 29.9. The zero-order valence-electron chi connectivity index (χ0n) is 14.1. The van der Waals surface area contributed by atoms with Crippen LogP contribution in [0.15, 0.2) is 0 Å². The highest BCUT2D eigenvalue weighted by Crippen LogP contribution is 2.29. The Morgan fingerprint density at radius 3 is 1.62 bits per heavy atom. The SMILES string of the molecule is CCCOC(C1CO1)[Si](OCCC)(OCCC)OCCC. The molecule has 0 radical (unpaired) electrons. The van der Waals surface area contributed by atoms with Crippen LogP contribution in [0.3, 0.4) is 0 Å². The van der Waals surface area contributed by atoms with Gasteiger partial charge in [0.15, 0.2) is 5.73 Å². The van der Waals surface area contributed by atoms with Gasteiger partial charge in [-0.15, -0.1) is 0 Å². The van der Waals surface area contributed by atoms with E-state index in [9.17, 15) is 0 Å². The van der Waals surface area contributed by atoms with Crippen molar-refractivity contribution in [3.05, 3.63) is 0 Å². The number of ether oxygens (including phenoxy) is 2. The first-order chi connectivity index (χ1) is 10.2. The maximum atomic E-state index is 6.13. The second kappa shape index (κ2) is 10.7. The second-order valence-electron chi connectivity index (χ2n) is 5.31. The summed E-state index contributed by atoms with van der Waals surface area (Å²) in [7, 11) is -2.87. The molecule has 6 heteroatoms. The summed E-state index contributed by atoms with van der Waals surface area (Å²) in [5, 5.41) is 0. The highest BCUT2D eigenvalue weighted by Gasteiger charge is 2.58. The van der Waals surface area contributed by atoms with Crippen LogP contribution in [0.2, 0.25) is 0 Å². The van der Waals surface area contributed by atoms with E-state index in [0.29, 0.717) is 33.0 Å². The molecule has 0 aromatic heterocycles. The summed E-state index contributed by atoms with van der Waals surface area (Å²) in [6.45, 7) is 11.7. The standard InChI is InChI=1S/C15H32O5Si/c1-5-9-16-15(14-13-17-14)21(18-10-6-2,19-11-7-3)20-12-8-4/h14-15H,5-13H2,1-4H3. The number of rotatable bonds is 14. The van der Waals surface area contributed by atoms with Gasteiger partial charge in [0.1, 0.15) is 6.10 Å². The highest BCUT2D eigenvalue weighted by molar-refractivity contribution is 6.62. The lowest BCUT2D eigenvalue weighted by Crippen LogP contribution is -2.60. The van der Waals surface area contributed by atoms with Crippen LogP contribution >= 0.6 is 0 Å². The Morgan fingerprint density at radius 2 is 1.29 bits per heavy atom. The average Bonchev–Trinajstić information content (AvgIpc) is 3.33. The molecule has 0 amide bonds. The predicted molar refractivity (Wildman–Crippen MR) is 84.3 cm³/mol. The Labute approximate surface area is 130 Å². The van der Waals surface area contributed by atoms with Crippen molar-refractivity contribution < 1.29 is 22.8 Å². The molecule has 1 aliphatic rings. The van der Waals surface area contributed by atoms with Crippen molar-refractivity contribution in [2.75, 3.05) is 33.0 Å². The first-order valence-electron chi connectivity index (χ1n) is 8.39. The van der Waals surface area contributed by atoms with Gasteiger partial charge in [-0.25, -0.2) is 0 Å². The van der Waals surface area contributed by atoms with E-state index >= 15 is 0 Å². The van der Waals surface area contributed by atoms with E-state index in [-0.39, 0.29) is 11.8 Å². The molecule has 0 N–H and O–H groups in total. The van der Waals surface area contributed by atoms with Crippen LogP contribution in [-0.2, 0) is 22.8 Å². The summed E-state index contributed by atoms with van der Waals surface area (Å²) in [6.07, 6.45) is 3.83. The molecule has 1 saturated heterocycles. The molecule has 21 heavy (non-hydrogen) atoms. The quantitative estimate of drug-likeness (QED) is 0.364. The minimum atomic E-state index is -2.87. The highest BCUT2D eigenvalue weighted by atomic mass is 28.4. The molecule has 1 aliphatic heterocycles. The molecular weight excluding hydrogens is 288 g/mol. The summed E-state index contributed by atoms with van der Waals surface area (Å²) in [6, 6.07) is 0. The van der Waals surface area contributed by atoms with Gasteiger partial charge < -0.3 is 22.8 Å². The Bertz CT molecular complexity index is 239. The van der Waals surface area contributed by atoms with Gasteiger partial charge in [0.2, 0.25) is 0 Å². The summed E-state index contributed by atoms with van der Waals surface area (Å²) >= 11 is 0. The normalized spacial score (nSPS) is 19.7. The molecule has 0 aliphatic carbocycles. The first kappa shape index (κ1) is 19.1. The molecule has 0 spiro atoms. The summed E-state index contributed by atoms with van der Waals surface area (Å²) in [5.74, 6) is 0. The molecule has 0 aromatic rings. The first-order valence-corrected chi connectivity index (χ1v) is 10.2. The lowest BCUT2D eigenvalue weighted by molar-refractivity contribution is -0.0244. The van der Waals surface area contributed by atoms with E-state index in [0.717, 1.165) is 25.7 Å². The third-order valence-electron chi connectivity index (χ3n) is 3.07. The van der Waals surface area contributed by atoms with Gasteiger partial charge in [0.25, 0.3) is 0 Å². The Balaban J connectivity index is 2.84. The van der Waals surface area contributed by atoms with Crippen molar-refractivity contribution in [3.63, 3.8) is 0 Å². The molecule has 2 atom stereocenters. The van der Waals surface area contributed by atoms with Crippen LogP contribution in [0, 0.1) is 0 Å². The minimum absolute atomic E-state index is 0.0637. The van der Waals surface area contributed by atoms with E-state index in [4.69, 9.17) is 22.8 Å². The van der Waals surface area contributed by atoms with Gasteiger partial charge in [0.05, 0.1) is 6.61 Å². The van der Waals surface area contributed by atoms with Crippen LogP contribution in [0.4, 0.5) is 0 Å². The van der Waals surface area contributed by atoms with Crippen LogP contribution < -0.4 is 0 Å². The van der Waals surface area contributed by atoms with Crippen molar-refractivity contribution >= 4 is 8.80 Å². The largest absolute Gasteiger partial charge is 0.534 e. The van der Waals surface area contributed by atoms with Crippen molar-refractivity contribution in [2.45, 2.75) is 65.2 Å². The van der Waals surface area contributed by atoms with Crippen LogP contribution in [-0.4, -0.2) is 53.7 Å². The molecule has 5 nitrogen and oxygen atoms in total. The Morgan fingerprint density at radius 1 is 0.857 bits per heavy atom. The summed E-state index contributed by atoms with van der Waals surface area (Å²) in [4.78, 5) is 0. The Hall–Kier alpha value is 0.0169. The second-order valence-corrected chi connectivity index (χ2v) is 7.95. The lowest BCUT2D eigenvalue weighted by Gasteiger charge is -2.35. The van der Waals surface area contributed by atoms with Gasteiger partial charge in [-0.2, -0.15) is 0 Å². The van der Waals surface area contributed by atoms with E-state index < -0.39 is 8.80 Å². The maximum absolute atomic E-state index is 6.13. The molecule has 2 unspecified atom stereocenters. The molecule has 0 saturated carbocycles. The summed E-state index contributed by atoms with van der Waals surface area (Å²) in [5.41, 5.74) is -0.193.